The molecule has 36 heavy (non-hydrogen) atoms. The number of phenols is 2. The number of carbonyl (C=O) groups is 2. The minimum Gasteiger partial charge on any atom is -0.504 e. The van der Waals surface area contributed by atoms with Crippen LogP contribution in [-0.4, -0.2) is 34.6 Å². The van der Waals surface area contributed by atoms with E-state index in [2.05, 4.69) is 45.3 Å². The number of nitrogens with one attached hydrogen (secondary N) is 2. The minimum absolute atomic E-state index is 0.0385. The lowest BCUT2D eigenvalue weighted by Crippen LogP contribution is -2.65. The van der Waals surface area contributed by atoms with Crippen molar-refractivity contribution >= 4 is 11.8 Å². The summed E-state index contributed by atoms with van der Waals surface area (Å²) >= 11 is 0. The Morgan fingerprint density at radius 3 is 2.33 bits per heavy atom. The number of phenolic OH excluding ortho intramolecular Hbond substituents is 2. The maximum atomic E-state index is 13.6. The molecule has 0 aromatic heterocycles. The second-order valence-electron chi connectivity index (χ2n) is 13.5. The number of hydrogen-bond acceptors (Lipinski definition) is 4. The Morgan fingerprint density at radius 2 is 1.67 bits per heavy atom. The Kier molecular flexibility index (Phi) is 5.25. The largest absolute Gasteiger partial charge is 0.504 e. The molecule has 0 radical (unpaired) electrons. The number of aromatic hydroxyl groups is 2. The fourth-order valence-corrected chi connectivity index (χ4v) is 8.97. The van der Waals surface area contributed by atoms with Crippen molar-refractivity contribution in [3.8, 4) is 11.5 Å². The maximum absolute atomic E-state index is 13.6. The van der Waals surface area contributed by atoms with Gasteiger partial charge in [0.15, 0.2) is 17.3 Å². The first-order chi connectivity index (χ1) is 16.6. The fourth-order valence-electron chi connectivity index (χ4n) is 8.97. The summed E-state index contributed by atoms with van der Waals surface area (Å²) in [6, 6.07) is 1.50. The predicted molar refractivity (Wildman–Crippen MR) is 140 cm³/mol. The lowest BCUT2D eigenvalue weighted by Gasteiger charge is -2.70. The van der Waals surface area contributed by atoms with Gasteiger partial charge < -0.3 is 20.8 Å². The zero-order valence-corrected chi connectivity index (χ0v) is 22.9. The van der Waals surface area contributed by atoms with Gasteiger partial charge in [-0.3, -0.25) is 4.79 Å². The van der Waals surface area contributed by atoms with Crippen molar-refractivity contribution in [1.82, 2.24) is 10.6 Å². The molecular weight excluding hydrogens is 452 g/mol. The van der Waals surface area contributed by atoms with Crippen LogP contribution in [0.1, 0.15) is 101 Å². The number of allylic oxidation sites excluding steroid dienone is 2. The van der Waals surface area contributed by atoms with Crippen LogP contribution in [0, 0.1) is 29.1 Å². The summed E-state index contributed by atoms with van der Waals surface area (Å²) in [6.45, 7) is 13.4. The molecule has 0 saturated heterocycles. The van der Waals surface area contributed by atoms with Crippen molar-refractivity contribution < 1.29 is 19.8 Å². The van der Waals surface area contributed by atoms with Crippen LogP contribution in [-0.2, 0) is 5.41 Å². The molecule has 0 aliphatic heterocycles. The van der Waals surface area contributed by atoms with Gasteiger partial charge in [0.2, 0.25) is 0 Å². The first-order valence-electron chi connectivity index (χ1n) is 13.5. The van der Waals surface area contributed by atoms with Gasteiger partial charge in [-0.1, -0.05) is 27.7 Å². The molecule has 6 nitrogen and oxygen atoms in total. The van der Waals surface area contributed by atoms with Crippen molar-refractivity contribution in [3.63, 3.8) is 0 Å². The molecule has 0 spiro atoms. The number of fused-ring (bicyclic) bond motifs is 7. The third-order valence-electron chi connectivity index (χ3n) is 11.6. The number of hydrogen-bond donors (Lipinski definition) is 4. The molecule has 3 saturated carbocycles. The van der Waals surface area contributed by atoms with Crippen LogP contribution in [0.25, 0.3) is 0 Å². The van der Waals surface area contributed by atoms with E-state index in [9.17, 15) is 19.8 Å². The second kappa shape index (κ2) is 7.52. The van der Waals surface area contributed by atoms with Gasteiger partial charge in [0, 0.05) is 29.1 Å². The highest BCUT2D eigenvalue weighted by Gasteiger charge is 2.67. The number of rotatable bonds is 1. The highest BCUT2D eigenvalue weighted by atomic mass is 16.3. The van der Waals surface area contributed by atoms with Crippen LogP contribution in [0.3, 0.4) is 0 Å². The van der Waals surface area contributed by atoms with E-state index in [4.69, 9.17) is 0 Å². The van der Waals surface area contributed by atoms with Crippen molar-refractivity contribution in [1.29, 1.82) is 0 Å². The van der Waals surface area contributed by atoms with Crippen LogP contribution in [0.2, 0.25) is 0 Å². The van der Waals surface area contributed by atoms with E-state index in [0.717, 1.165) is 50.5 Å². The summed E-state index contributed by atoms with van der Waals surface area (Å²) in [5.74, 6) is -0.0251. The molecule has 0 unspecified atom stereocenters. The quantitative estimate of drug-likeness (QED) is 0.366. The Balaban J connectivity index is 1.62. The first-order valence-corrected chi connectivity index (χ1v) is 13.5. The Morgan fingerprint density at radius 1 is 1.00 bits per heavy atom. The molecule has 4 N–H and O–H groups in total. The monoisotopic (exact) mass is 494 g/mol. The molecule has 196 valence electrons. The molecule has 6 atom stereocenters. The summed E-state index contributed by atoms with van der Waals surface area (Å²) < 4.78 is 0. The van der Waals surface area contributed by atoms with Gasteiger partial charge in [-0.05, 0) is 104 Å². The van der Waals surface area contributed by atoms with E-state index >= 15 is 0 Å². The lowest BCUT2D eigenvalue weighted by atomic mass is 9.35. The van der Waals surface area contributed by atoms with E-state index in [-0.39, 0.29) is 50.5 Å². The van der Waals surface area contributed by atoms with E-state index in [0.29, 0.717) is 17.0 Å². The smallest absolute Gasteiger partial charge is 0.314 e. The number of amides is 2. The molecule has 1 aromatic rings. The zero-order valence-electron chi connectivity index (χ0n) is 22.9. The summed E-state index contributed by atoms with van der Waals surface area (Å²) in [6.07, 6.45) is 8.82. The average Bonchev–Trinajstić information content (AvgIpc) is 2.82. The molecule has 0 bridgehead atoms. The van der Waals surface area contributed by atoms with Crippen LogP contribution >= 0.6 is 0 Å². The number of urea groups is 1. The summed E-state index contributed by atoms with van der Waals surface area (Å²) in [5, 5.41) is 26.9. The Hall–Kier alpha value is -2.50. The molecule has 0 heterocycles. The highest BCUT2D eigenvalue weighted by molar-refractivity contribution is 6.10. The molecule has 6 heteroatoms. The molecule has 4 aliphatic rings. The van der Waals surface area contributed by atoms with Gasteiger partial charge in [0.05, 0.1) is 0 Å². The topological polar surface area (TPSA) is 98.7 Å². The van der Waals surface area contributed by atoms with Crippen LogP contribution < -0.4 is 10.6 Å². The molecule has 2 amide bonds. The number of ketones is 1. The van der Waals surface area contributed by atoms with E-state index in [1.54, 1.807) is 20.0 Å². The van der Waals surface area contributed by atoms with E-state index in [1.807, 2.05) is 6.08 Å². The lowest BCUT2D eigenvalue weighted by molar-refractivity contribution is -0.149. The van der Waals surface area contributed by atoms with Crippen LogP contribution in [0.4, 0.5) is 4.79 Å². The Labute approximate surface area is 214 Å². The Bertz CT molecular complexity index is 1210. The van der Waals surface area contributed by atoms with E-state index in [1.165, 1.54) is 5.57 Å². The van der Waals surface area contributed by atoms with Gasteiger partial charge in [0.1, 0.15) is 0 Å². The minimum atomic E-state index is -0.375. The number of benzene rings is 1. The SMILES string of the molecule is CNC(=O)N[C@]1(C)CC[C@]2(C)CC[C@]3(C)C4=CC(=O)c5c(cc(O)c(O)c5C)[C@]4(C)CC[C@@]3(C)[C@@H]2C1. The summed E-state index contributed by atoms with van der Waals surface area (Å²) in [7, 11) is 1.66. The van der Waals surface area contributed by atoms with Gasteiger partial charge in [-0.15, -0.1) is 0 Å². The summed E-state index contributed by atoms with van der Waals surface area (Å²) in [5.41, 5.74) is 2.37. The normalized spacial score (nSPS) is 41.2. The second-order valence-corrected chi connectivity index (χ2v) is 13.5. The third kappa shape index (κ3) is 3.08. The summed E-state index contributed by atoms with van der Waals surface area (Å²) in [4.78, 5) is 25.9. The molecular formula is C30H42N2O4. The molecule has 3 fully saturated rings. The maximum Gasteiger partial charge on any atom is 0.314 e. The van der Waals surface area contributed by atoms with Gasteiger partial charge in [-0.25, -0.2) is 4.79 Å². The third-order valence-corrected chi connectivity index (χ3v) is 11.6. The number of carbonyl (C=O) groups excluding carboxylic acids is 2. The molecule has 1 aromatic carbocycles. The highest BCUT2D eigenvalue weighted by Crippen LogP contribution is 2.74. The van der Waals surface area contributed by atoms with Crippen molar-refractivity contribution in [2.24, 2.45) is 22.2 Å². The predicted octanol–water partition coefficient (Wildman–Crippen LogP) is 5.88. The fraction of sp³-hybridized carbons (Fsp3) is 0.667. The van der Waals surface area contributed by atoms with Crippen LogP contribution in [0.5, 0.6) is 11.5 Å². The van der Waals surface area contributed by atoms with Crippen molar-refractivity contribution in [3.05, 3.63) is 34.4 Å². The van der Waals surface area contributed by atoms with Crippen molar-refractivity contribution in [2.45, 2.75) is 97.4 Å². The molecule has 4 aliphatic carbocycles. The van der Waals surface area contributed by atoms with Crippen molar-refractivity contribution in [2.75, 3.05) is 7.05 Å². The van der Waals surface area contributed by atoms with Crippen LogP contribution in [0.15, 0.2) is 17.7 Å². The van der Waals surface area contributed by atoms with Gasteiger partial charge >= 0.3 is 6.03 Å². The molecule has 5 rings (SSSR count). The van der Waals surface area contributed by atoms with Gasteiger partial charge in [0.25, 0.3) is 0 Å². The van der Waals surface area contributed by atoms with Gasteiger partial charge in [-0.2, -0.15) is 0 Å². The standard InChI is InChI=1S/C30H42N2O4/c1-17-23-18(14-20(34)24(17)35)28(4)11-13-30(6)22-16-27(3,32-25(36)31-7)10-8-26(22,2)9-12-29(30,5)21(28)15-19(23)33/h14-15,22,34-35H,8-13,16H2,1-7H3,(H2,31,32,36)/t22-,26-,27-,28+,29-,30+/m1/s1. The average molecular weight is 495 g/mol. The first kappa shape index (κ1) is 25.2. The van der Waals surface area contributed by atoms with E-state index < -0.39 is 0 Å². The zero-order chi connectivity index (χ0) is 26.5.